The highest BCUT2D eigenvalue weighted by atomic mass is 31.2. The van der Waals surface area contributed by atoms with Crippen LogP contribution < -0.4 is 0 Å². The van der Waals surface area contributed by atoms with Crippen LogP contribution in [-0.2, 0) is 55.8 Å². The fourth-order valence-electron chi connectivity index (χ4n) is 10.6. The Labute approximate surface area is 638 Å². The zero-order valence-corrected chi connectivity index (χ0v) is 67.4. The number of allylic oxidation sites excluding steroid dienone is 26. The Balaban J connectivity index is 4.50. The van der Waals surface area contributed by atoms with E-state index in [-0.39, 0.29) is 19.3 Å². The lowest BCUT2D eigenvalue weighted by molar-refractivity contribution is -0.161. The third kappa shape index (κ3) is 80.0. The first-order valence-corrected chi connectivity index (χ1v) is 43.8. The summed E-state index contributed by atoms with van der Waals surface area (Å²) < 4.78 is 61.1. The average Bonchev–Trinajstić information content (AvgIpc) is 0.912. The number of esters is 3. The van der Waals surface area contributed by atoms with Gasteiger partial charge in [0.1, 0.15) is 25.4 Å². The van der Waals surface area contributed by atoms with E-state index in [1.807, 2.05) is 0 Å². The molecule has 0 radical (unpaired) electrons. The molecule has 5 unspecified atom stereocenters. The van der Waals surface area contributed by atoms with E-state index in [1.54, 1.807) is 0 Å². The summed E-state index contributed by atoms with van der Waals surface area (Å²) >= 11 is 0. The van der Waals surface area contributed by atoms with Crippen LogP contribution in [0.5, 0.6) is 0 Å². The number of aliphatic hydroxyl groups excluding tert-OH is 2. The molecule has 0 aromatic heterocycles. The van der Waals surface area contributed by atoms with Crippen molar-refractivity contribution >= 4 is 33.6 Å². The van der Waals surface area contributed by atoms with Crippen LogP contribution in [0.15, 0.2) is 158 Å². The van der Waals surface area contributed by atoms with E-state index in [1.165, 1.54) is 109 Å². The summed E-state index contributed by atoms with van der Waals surface area (Å²) in [6.07, 6.45) is 98.8. The largest absolute Gasteiger partial charge is 0.472 e. The summed E-state index contributed by atoms with van der Waals surface area (Å²) in [6.45, 7) is 2.36. The minimum atomic E-state index is -4.95. The Morgan fingerprint density at radius 1 is 0.276 bits per heavy atom. The summed E-state index contributed by atoms with van der Waals surface area (Å²) in [5, 5.41) is 20.7. The van der Waals surface area contributed by atoms with Gasteiger partial charge < -0.3 is 34.2 Å². The molecule has 0 amide bonds. The summed E-state index contributed by atoms with van der Waals surface area (Å²) in [5.41, 5.74) is 0. The number of phosphoric ester groups is 2. The Kier molecular flexibility index (Phi) is 75.1. The molecule has 0 saturated heterocycles. The predicted octanol–water partition coefficient (Wildman–Crippen LogP) is 24.2. The summed E-state index contributed by atoms with van der Waals surface area (Å²) in [5.74, 6) is -1.64. The lowest BCUT2D eigenvalue weighted by Crippen LogP contribution is -2.30. The van der Waals surface area contributed by atoms with Crippen LogP contribution in [0, 0.1) is 0 Å². The highest BCUT2D eigenvalue weighted by Crippen LogP contribution is 2.45. The zero-order valence-electron chi connectivity index (χ0n) is 65.6. The molecular formula is C87H146O16P2. The van der Waals surface area contributed by atoms with Crippen LogP contribution >= 0.6 is 15.6 Å². The van der Waals surface area contributed by atoms with E-state index in [9.17, 15) is 43.5 Å². The van der Waals surface area contributed by atoms with Crippen molar-refractivity contribution in [3.63, 3.8) is 0 Å². The molecule has 4 N–H and O–H groups in total. The molecule has 600 valence electrons. The number of carbonyl (C=O) groups is 3. The molecule has 0 saturated carbocycles. The van der Waals surface area contributed by atoms with Crippen molar-refractivity contribution < 1.29 is 75.8 Å². The first-order chi connectivity index (χ1) is 51.2. The Morgan fingerprint density at radius 3 is 0.819 bits per heavy atom. The van der Waals surface area contributed by atoms with Gasteiger partial charge in [-0.25, -0.2) is 9.13 Å². The third-order valence-electron chi connectivity index (χ3n) is 16.7. The van der Waals surface area contributed by atoms with Gasteiger partial charge in [0.2, 0.25) is 0 Å². The van der Waals surface area contributed by atoms with Crippen molar-refractivity contribution in [1.82, 2.24) is 0 Å². The van der Waals surface area contributed by atoms with Crippen molar-refractivity contribution in [2.75, 3.05) is 39.6 Å². The number of rotatable bonds is 76. The molecule has 0 heterocycles. The van der Waals surface area contributed by atoms with Gasteiger partial charge in [0.15, 0.2) is 6.10 Å². The molecule has 0 aliphatic carbocycles. The first-order valence-electron chi connectivity index (χ1n) is 40.8. The Hall–Kier alpha value is -4.83. The van der Waals surface area contributed by atoms with Gasteiger partial charge in [0.05, 0.1) is 26.4 Å². The summed E-state index contributed by atoms with van der Waals surface area (Å²) in [4.78, 5) is 58.6. The SMILES string of the molecule is CC/C=C\C/C=C\C/C=C\C/C=C\C/C=C\C/C=C\CCCCC(=O)OCC(COP(=O)(O)OCC(O)COP(=O)(O)OCC(O)COC(=O)CCCCCCCCCCCCCCCCCCC/C=C\C/C=C\C/C=C\C/C=C\C/C=C\CC)OC(=O)CCCCCCC/C=C\C/C=C\CCCCC. The minimum absolute atomic E-state index is 0.0746. The van der Waals surface area contributed by atoms with Gasteiger partial charge in [-0.05, 0) is 148 Å². The Morgan fingerprint density at radius 2 is 0.505 bits per heavy atom. The van der Waals surface area contributed by atoms with Crippen molar-refractivity contribution in [2.24, 2.45) is 0 Å². The van der Waals surface area contributed by atoms with E-state index in [0.717, 1.165) is 148 Å². The van der Waals surface area contributed by atoms with Gasteiger partial charge in [-0.2, -0.15) is 0 Å². The highest BCUT2D eigenvalue weighted by Gasteiger charge is 2.29. The lowest BCUT2D eigenvalue weighted by atomic mass is 10.0. The van der Waals surface area contributed by atoms with Crippen LogP contribution in [0.4, 0.5) is 0 Å². The molecular weight excluding hydrogens is 1360 g/mol. The molecule has 0 bridgehead atoms. The maximum atomic E-state index is 13.0. The number of ether oxygens (including phenoxy) is 3. The second-order valence-corrected chi connectivity index (χ2v) is 29.7. The van der Waals surface area contributed by atoms with E-state index in [2.05, 4.69) is 179 Å². The minimum Gasteiger partial charge on any atom is -0.463 e. The van der Waals surface area contributed by atoms with Gasteiger partial charge in [-0.3, -0.25) is 32.5 Å². The van der Waals surface area contributed by atoms with E-state index >= 15 is 0 Å². The fraction of sp³-hybridized carbons (Fsp3) is 0.667. The summed E-state index contributed by atoms with van der Waals surface area (Å²) in [6, 6.07) is 0. The van der Waals surface area contributed by atoms with Crippen LogP contribution in [0.25, 0.3) is 0 Å². The standard InChI is InChI=1S/C87H146O16P2/c1-4-7-10-13-16-19-22-25-28-30-32-34-35-36-37-38-39-40-41-42-43-44-45-47-49-50-53-55-58-61-64-67-70-73-85(90)97-76-82(88)77-99-104(93,94)100-78-83(89)79-101-105(95,96)102-81-84(103-87(92)75-72-69-66-63-60-57-52-27-24-21-18-15-12-9-6-3)80-98-86(91)74-71-68-65-62-59-56-54-51-48-46-33-31-29-26-23-20-17-14-11-8-5-2/h7-8,10-11,16-21,25-29,32-34,36-37,46,51-52,54,59,62,82-84,88-89H,4-6,9,12-15,22-24,30-31,35,38-45,47-50,53,55-58,60-61,63-81H2,1-3H3,(H,93,94)(H,95,96)/b10-7-,11-8-,19-16-,20-17-,21-18-,28-25-,29-26-,34-32-,37-36-,46-33-,52-27-,54-51-,62-59-. The number of carbonyl (C=O) groups excluding carboxylic acids is 3. The molecule has 0 rings (SSSR count). The molecule has 0 aliphatic heterocycles. The molecule has 0 aliphatic rings. The van der Waals surface area contributed by atoms with Crippen molar-refractivity contribution in [3.8, 4) is 0 Å². The fourth-order valence-corrected chi connectivity index (χ4v) is 12.2. The van der Waals surface area contributed by atoms with Gasteiger partial charge in [0.25, 0.3) is 0 Å². The highest BCUT2D eigenvalue weighted by molar-refractivity contribution is 7.47. The molecule has 0 aromatic rings. The smallest absolute Gasteiger partial charge is 0.463 e. The monoisotopic (exact) mass is 1510 g/mol. The maximum Gasteiger partial charge on any atom is 0.472 e. The predicted molar refractivity (Wildman–Crippen MR) is 435 cm³/mol. The number of hydrogen-bond donors (Lipinski definition) is 4. The van der Waals surface area contributed by atoms with Crippen LogP contribution in [0.2, 0.25) is 0 Å². The maximum absolute atomic E-state index is 13.0. The average molecular weight is 1510 g/mol. The number of hydrogen-bond acceptors (Lipinski definition) is 14. The molecule has 0 fully saturated rings. The molecule has 105 heavy (non-hydrogen) atoms. The third-order valence-corrected chi connectivity index (χ3v) is 18.6. The van der Waals surface area contributed by atoms with Gasteiger partial charge in [-0.15, -0.1) is 0 Å². The molecule has 5 atom stereocenters. The van der Waals surface area contributed by atoms with Crippen LogP contribution in [0.3, 0.4) is 0 Å². The molecule has 0 spiro atoms. The van der Waals surface area contributed by atoms with Crippen molar-refractivity contribution in [3.05, 3.63) is 158 Å². The number of aliphatic hydroxyl groups is 2. The second kappa shape index (κ2) is 78.7. The van der Waals surface area contributed by atoms with E-state index in [0.29, 0.717) is 19.3 Å². The van der Waals surface area contributed by atoms with Crippen molar-refractivity contribution in [1.29, 1.82) is 0 Å². The topological polar surface area (TPSA) is 231 Å². The normalized spacial score (nSPS) is 14.8. The number of unbranched alkanes of at least 4 members (excludes halogenated alkanes) is 27. The van der Waals surface area contributed by atoms with Gasteiger partial charge in [0, 0.05) is 19.3 Å². The molecule has 16 nitrogen and oxygen atoms in total. The number of phosphoric acid groups is 2. The molecule has 0 aromatic carbocycles. The zero-order chi connectivity index (χ0) is 76.6. The quantitative estimate of drug-likeness (QED) is 0.0146. The van der Waals surface area contributed by atoms with E-state index in [4.69, 9.17) is 32.3 Å². The Bertz CT molecular complexity index is 2540. The molecule has 18 heteroatoms. The second-order valence-electron chi connectivity index (χ2n) is 26.8. The van der Waals surface area contributed by atoms with Crippen LogP contribution in [-0.4, -0.2) is 95.9 Å². The van der Waals surface area contributed by atoms with Gasteiger partial charge in [-0.1, -0.05) is 307 Å². The van der Waals surface area contributed by atoms with E-state index < -0.39 is 91.5 Å². The summed E-state index contributed by atoms with van der Waals surface area (Å²) in [7, 11) is -9.81. The van der Waals surface area contributed by atoms with Crippen LogP contribution in [0.1, 0.15) is 316 Å². The van der Waals surface area contributed by atoms with Crippen molar-refractivity contribution in [2.45, 2.75) is 334 Å². The van der Waals surface area contributed by atoms with Gasteiger partial charge >= 0.3 is 33.6 Å². The first kappa shape index (κ1) is 100. The lowest BCUT2D eigenvalue weighted by Gasteiger charge is -2.21.